The first-order valence-corrected chi connectivity index (χ1v) is 4.56. The van der Waals surface area contributed by atoms with Gasteiger partial charge >= 0.3 is 0 Å². The van der Waals surface area contributed by atoms with Gasteiger partial charge in [0.1, 0.15) is 0 Å². The van der Waals surface area contributed by atoms with Gasteiger partial charge in [0.05, 0.1) is 0 Å². The van der Waals surface area contributed by atoms with Crippen molar-refractivity contribution in [3.8, 4) is 0 Å². The van der Waals surface area contributed by atoms with Crippen molar-refractivity contribution < 1.29 is 0 Å². The maximum absolute atomic E-state index is 2.16. The Labute approximate surface area is 80.7 Å². The Kier molecular flexibility index (Phi) is 3.13. The summed E-state index contributed by atoms with van der Waals surface area (Å²) in [5.74, 6) is 0. The first-order valence-electron chi connectivity index (χ1n) is 4.56. The molecule has 0 N–H and O–H groups in total. The quantitative estimate of drug-likeness (QED) is 0.668. The number of allylic oxidation sites excluding steroid dienone is 1. The van der Waals surface area contributed by atoms with E-state index in [1.54, 1.807) is 0 Å². The van der Waals surface area contributed by atoms with Crippen molar-refractivity contribution in [1.29, 1.82) is 0 Å². The van der Waals surface area contributed by atoms with Crippen LogP contribution in [0.25, 0.3) is 5.70 Å². The van der Waals surface area contributed by atoms with Crippen LogP contribution in [0.3, 0.4) is 0 Å². The summed E-state index contributed by atoms with van der Waals surface area (Å²) in [7, 11) is 4.14. The topological polar surface area (TPSA) is 3.24 Å². The Morgan fingerprint density at radius 3 is 2.31 bits per heavy atom. The van der Waals surface area contributed by atoms with Crippen LogP contribution in [0.2, 0.25) is 0 Å². The van der Waals surface area contributed by atoms with Gasteiger partial charge in [0, 0.05) is 25.4 Å². The summed E-state index contributed by atoms with van der Waals surface area (Å²) in [6.07, 6.45) is 2.14. The lowest BCUT2D eigenvalue weighted by atomic mass is 10.1. The Hall–Kier alpha value is -1.24. The van der Waals surface area contributed by atoms with Gasteiger partial charge in [0.25, 0.3) is 0 Å². The molecule has 1 rings (SSSR count). The van der Waals surface area contributed by atoms with E-state index in [-0.39, 0.29) is 0 Å². The SMILES string of the molecule is C/C=C(\c1ccccc1C)N(C)C. The highest BCUT2D eigenvalue weighted by Crippen LogP contribution is 2.19. The lowest BCUT2D eigenvalue weighted by Crippen LogP contribution is -2.10. The molecule has 1 heteroatoms. The number of aryl methyl sites for hydroxylation is 1. The number of nitrogens with zero attached hydrogens (tertiary/aromatic N) is 1. The summed E-state index contributed by atoms with van der Waals surface area (Å²) in [6.45, 7) is 4.21. The van der Waals surface area contributed by atoms with Crippen LogP contribution in [0, 0.1) is 6.92 Å². The molecule has 0 aliphatic heterocycles. The van der Waals surface area contributed by atoms with Gasteiger partial charge in [-0.3, -0.25) is 0 Å². The highest BCUT2D eigenvalue weighted by molar-refractivity contribution is 5.66. The van der Waals surface area contributed by atoms with Crippen LogP contribution in [0.4, 0.5) is 0 Å². The van der Waals surface area contributed by atoms with E-state index < -0.39 is 0 Å². The summed E-state index contributed by atoms with van der Waals surface area (Å²) in [5.41, 5.74) is 3.91. The Morgan fingerprint density at radius 1 is 1.23 bits per heavy atom. The Morgan fingerprint density at radius 2 is 1.85 bits per heavy atom. The summed E-state index contributed by atoms with van der Waals surface area (Å²) in [5, 5.41) is 0. The largest absolute Gasteiger partial charge is 0.377 e. The smallest absolute Gasteiger partial charge is 0.0393 e. The van der Waals surface area contributed by atoms with Crippen LogP contribution in [-0.2, 0) is 0 Å². The van der Waals surface area contributed by atoms with Crippen LogP contribution in [-0.4, -0.2) is 19.0 Å². The summed E-state index contributed by atoms with van der Waals surface area (Å²) < 4.78 is 0. The molecule has 70 valence electrons. The van der Waals surface area contributed by atoms with Gasteiger partial charge < -0.3 is 4.90 Å². The van der Waals surface area contributed by atoms with Gasteiger partial charge in [-0.15, -0.1) is 0 Å². The van der Waals surface area contributed by atoms with Crippen molar-refractivity contribution in [3.63, 3.8) is 0 Å². The van der Waals surface area contributed by atoms with Crippen molar-refractivity contribution in [2.75, 3.05) is 14.1 Å². The standard InChI is InChI=1S/C12H17N/c1-5-12(13(3)4)11-9-7-6-8-10(11)2/h5-9H,1-4H3/b12-5+. The Balaban J connectivity index is 3.13. The average molecular weight is 175 g/mol. The summed E-state index contributed by atoms with van der Waals surface area (Å²) >= 11 is 0. The molecule has 13 heavy (non-hydrogen) atoms. The zero-order valence-electron chi connectivity index (χ0n) is 8.83. The first-order chi connectivity index (χ1) is 6.16. The number of rotatable bonds is 2. The van der Waals surface area contributed by atoms with E-state index in [4.69, 9.17) is 0 Å². The molecule has 1 aromatic rings. The van der Waals surface area contributed by atoms with Crippen LogP contribution in [0.1, 0.15) is 18.1 Å². The second-order valence-corrected chi connectivity index (χ2v) is 3.38. The second kappa shape index (κ2) is 4.13. The minimum absolute atomic E-state index is 1.28. The maximum atomic E-state index is 2.16. The average Bonchev–Trinajstić information content (AvgIpc) is 2.09. The molecule has 0 spiro atoms. The third kappa shape index (κ3) is 2.11. The third-order valence-corrected chi connectivity index (χ3v) is 2.18. The van der Waals surface area contributed by atoms with Gasteiger partial charge in [-0.05, 0) is 19.4 Å². The highest BCUT2D eigenvalue weighted by Gasteiger charge is 2.04. The molecule has 1 aromatic carbocycles. The van der Waals surface area contributed by atoms with E-state index in [0.717, 1.165) is 0 Å². The van der Waals surface area contributed by atoms with Crippen LogP contribution < -0.4 is 0 Å². The molecule has 0 aliphatic carbocycles. The fourth-order valence-corrected chi connectivity index (χ4v) is 1.51. The molecule has 0 aromatic heterocycles. The third-order valence-electron chi connectivity index (χ3n) is 2.18. The van der Waals surface area contributed by atoms with Gasteiger partial charge in [0.15, 0.2) is 0 Å². The summed E-state index contributed by atoms with van der Waals surface area (Å²) in [6, 6.07) is 8.45. The minimum atomic E-state index is 1.28. The van der Waals surface area contributed by atoms with E-state index in [1.807, 2.05) is 0 Å². The van der Waals surface area contributed by atoms with Crippen molar-refractivity contribution in [1.82, 2.24) is 4.90 Å². The predicted molar refractivity (Wildman–Crippen MR) is 58.5 cm³/mol. The van der Waals surface area contributed by atoms with Gasteiger partial charge in [-0.25, -0.2) is 0 Å². The van der Waals surface area contributed by atoms with Gasteiger partial charge in [0.2, 0.25) is 0 Å². The Bertz CT molecular complexity index is 311. The summed E-state index contributed by atoms with van der Waals surface area (Å²) in [4.78, 5) is 2.14. The fourth-order valence-electron chi connectivity index (χ4n) is 1.51. The van der Waals surface area contributed by atoms with Crippen LogP contribution in [0.5, 0.6) is 0 Å². The van der Waals surface area contributed by atoms with Crippen molar-refractivity contribution in [2.24, 2.45) is 0 Å². The molecule has 0 radical (unpaired) electrons. The molecule has 0 saturated carbocycles. The van der Waals surface area contributed by atoms with Crippen LogP contribution in [0.15, 0.2) is 30.3 Å². The molecular weight excluding hydrogens is 158 g/mol. The molecule has 0 unspecified atom stereocenters. The van der Waals surface area contributed by atoms with Crippen molar-refractivity contribution >= 4 is 5.70 Å². The lowest BCUT2D eigenvalue weighted by molar-refractivity contribution is 0.590. The van der Waals surface area contributed by atoms with Crippen LogP contribution >= 0.6 is 0 Å². The molecule has 0 atom stereocenters. The zero-order chi connectivity index (χ0) is 9.84. The van der Waals surface area contributed by atoms with E-state index in [2.05, 4.69) is 63.2 Å². The van der Waals surface area contributed by atoms with E-state index in [0.29, 0.717) is 0 Å². The molecule has 0 saturated heterocycles. The van der Waals surface area contributed by atoms with Gasteiger partial charge in [-0.1, -0.05) is 30.3 Å². The monoisotopic (exact) mass is 175 g/mol. The van der Waals surface area contributed by atoms with E-state index in [9.17, 15) is 0 Å². The first kappa shape index (κ1) is 9.85. The highest BCUT2D eigenvalue weighted by atomic mass is 15.1. The molecule has 0 heterocycles. The molecule has 0 amide bonds. The van der Waals surface area contributed by atoms with Crippen molar-refractivity contribution in [3.05, 3.63) is 41.5 Å². The number of benzene rings is 1. The predicted octanol–water partition coefficient (Wildman–Crippen LogP) is 2.92. The zero-order valence-corrected chi connectivity index (χ0v) is 8.83. The van der Waals surface area contributed by atoms with E-state index in [1.165, 1.54) is 16.8 Å². The number of hydrogen-bond donors (Lipinski definition) is 0. The number of hydrogen-bond acceptors (Lipinski definition) is 1. The maximum Gasteiger partial charge on any atom is 0.0393 e. The van der Waals surface area contributed by atoms with E-state index >= 15 is 0 Å². The van der Waals surface area contributed by atoms with Gasteiger partial charge in [-0.2, -0.15) is 0 Å². The normalized spacial score (nSPS) is 11.5. The molecule has 1 nitrogen and oxygen atoms in total. The van der Waals surface area contributed by atoms with Crippen molar-refractivity contribution in [2.45, 2.75) is 13.8 Å². The molecular formula is C12H17N. The molecule has 0 aliphatic rings. The molecule has 0 bridgehead atoms. The molecule has 0 fully saturated rings. The minimum Gasteiger partial charge on any atom is -0.377 e. The lowest BCUT2D eigenvalue weighted by Gasteiger charge is -2.18. The second-order valence-electron chi connectivity index (χ2n) is 3.38. The fraction of sp³-hybridized carbons (Fsp3) is 0.333.